The summed E-state index contributed by atoms with van der Waals surface area (Å²) in [6.07, 6.45) is 1.84. The monoisotopic (exact) mass is 606 g/mol. The number of thiazole rings is 1. The number of rotatable bonds is 8. The van der Waals surface area contributed by atoms with Gasteiger partial charge in [-0.1, -0.05) is 108 Å². The van der Waals surface area contributed by atoms with Crippen molar-refractivity contribution in [1.82, 2.24) is 4.57 Å². The molecule has 6 nitrogen and oxygen atoms in total. The van der Waals surface area contributed by atoms with Crippen LogP contribution in [0.5, 0.6) is 5.75 Å². The maximum absolute atomic E-state index is 14.0. The van der Waals surface area contributed by atoms with E-state index in [4.69, 9.17) is 26.1 Å². The number of hydrogen-bond acceptors (Lipinski definition) is 6. The molecule has 0 aliphatic carbocycles. The van der Waals surface area contributed by atoms with E-state index in [2.05, 4.69) is 0 Å². The van der Waals surface area contributed by atoms with Crippen LogP contribution in [0.25, 0.3) is 11.8 Å². The van der Waals surface area contributed by atoms with Gasteiger partial charge in [0.1, 0.15) is 12.4 Å². The second kappa shape index (κ2) is 12.7. The van der Waals surface area contributed by atoms with E-state index in [1.54, 1.807) is 11.5 Å². The van der Waals surface area contributed by atoms with Crippen LogP contribution in [0.2, 0.25) is 5.02 Å². The molecule has 4 aromatic carbocycles. The molecule has 0 bridgehead atoms. The molecule has 1 atom stereocenters. The molecule has 43 heavy (non-hydrogen) atoms. The predicted octanol–water partition coefficient (Wildman–Crippen LogP) is 6.17. The first-order chi connectivity index (χ1) is 21.0. The molecule has 5 aromatic rings. The van der Waals surface area contributed by atoms with Gasteiger partial charge in [-0.15, -0.1) is 0 Å². The first-order valence-corrected chi connectivity index (χ1v) is 15.0. The van der Waals surface area contributed by atoms with Gasteiger partial charge in [0.15, 0.2) is 4.80 Å². The Morgan fingerprint density at radius 3 is 2.28 bits per heavy atom. The third-order valence-corrected chi connectivity index (χ3v) is 8.22. The second-order valence-electron chi connectivity index (χ2n) is 9.83. The molecule has 0 N–H and O–H groups in total. The number of esters is 1. The lowest BCUT2D eigenvalue weighted by Gasteiger charge is -2.25. The van der Waals surface area contributed by atoms with Crippen molar-refractivity contribution in [3.8, 4) is 5.75 Å². The second-order valence-corrected chi connectivity index (χ2v) is 11.3. The molecule has 0 amide bonds. The fourth-order valence-electron chi connectivity index (χ4n) is 4.95. The summed E-state index contributed by atoms with van der Waals surface area (Å²) in [6.45, 7) is 2.39. The normalized spacial score (nSPS) is 14.7. The van der Waals surface area contributed by atoms with Gasteiger partial charge >= 0.3 is 5.97 Å². The van der Waals surface area contributed by atoms with Crippen LogP contribution < -0.4 is 19.6 Å². The molecule has 6 rings (SSSR count). The number of carbonyl (C=O) groups excluding carboxylic acids is 1. The standard InChI is InChI=1S/C35H27ClN2O4S/c1-2-41-34(40)30-31(25-9-5-3-6-10-25)37-35-38(32(30)26-11-7-4-8-12-26)33(39)29(43-35)21-23-15-19-28(20-16-23)42-22-24-13-17-27(36)18-14-24/h3-21,32H,2,22H2,1H3/b29-21-/t32-/m1/s1. The van der Waals surface area contributed by atoms with Crippen LogP contribution in [0.4, 0.5) is 0 Å². The lowest BCUT2D eigenvalue weighted by atomic mass is 9.93. The van der Waals surface area contributed by atoms with Crippen LogP contribution in [0, 0.1) is 0 Å². The minimum atomic E-state index is -0.697. The van der Waals surface area contributed by atoms with E-state index in [1.807, 2.05) is 115 Å². The quantitative estimate of drug-likeness (QED) is 0.198. The Labute approximate surface area is 257 Å². The van der Waals surface area contributed by atoms with Crippen molar-refractivity contribution < 1.29 is 14.3 Å². The van der Waals surface area contributed by atoms with Crippen molar-refractivity contribution in [2.75, 3.05) is 6.61 Å². The maximum atomic E-state index is 14.0. The van der Waals surface area contributed by atoms with Crippen LogP contribution in [0.3, 0.4) is 0 Å². The van der Waals surface area contributed by atoms with Crippen molar-refractivity contribution in [2.24, 2.45) is 4.99 Å². The Balaban J connectivity index is 1.41. The van der Waals surface area contributed by atoms with Crippen molar-refractivity contribution in [3.05, 3.63) is 162 Å². The fourth-order valence-corrected chi connectivity index (χ4v) is 6.08. The molecule has 0 spiro atoms. The van der Waals surface area contributed by atoms with Crippen LogP contribution >= 0.6 is 22.9 Å². The number of nitrogens with zero attached hydrogens (tertiary/aromatic N) is 2. The van der Waals surface area contributed by atoms with Crippen molar-refractivity contribution in [1.29, 1.82) is 0 Å². The molecule has 8 heteroatoms. The molecule has 1 aliphatic rings. The van der Waals surface area contributed by atoms with Crippen LogP contribution in [0.15, 0.2) is 125 Å². The molecule has 0 fully saturated rings. The highest BCUT2D eigenvalue weighted by Crippen LogP contribution is 2.35. The van der Waals surface area contributed by atoms with E-state index in [0.29, 0.717) is 38.0 Å². The zero-order chi connectivity index (χ0) is 29.8. The first kappa shape index (κ1) is 28.4. The molecule has 1 aromatic heterocycles. The van der Waals surface area contributed by atoms with Crippen LogP contribution in [0.1, 0.15) is 35.2 Å². The third kappa shape index (κ3) is 6.09. The minimum Gasteiger partial charge on any atom is -0.489 e. The summed E-state index contributed by atoms with van der Waals surface area (Å²) >= 11 is 7.26. The Morgan fingerprint density at radius 1 is 0.930 bits per heavy atom. The third-order valence-electron chi connectivity index (χ3n) is 6.99. The number of hydrogen-bond donors (Lipinski definition) is 0. The van der Waals surface area contributed by atoms with E-state index in [9.17, 15) is 9.59 Å². The maximum Gasteiger partial charge on any atom is 0.338 e. The zero-order valence-electron chi connectivity index (χ0n) is 23.3. The lowest BCUT2D eigenvalue weighted by molar-refractivity contribution is -0.138. The minimum absolute atomic E-state index is 0.204. The summed E-state index contributed by atoms with van der Waals surface area (Å²) in [5.74, 6) is 0.214. The van der Waals surface area contributed by atoms with E-state index >= 15 is 0 Å². The number of ether oxygens (including phenoxy) is 2. The molecule has 0 saturated carbocycles. The molecule has 0 unspecified atom stereocenters. The van der Waals surface area contributed by atoms with Gasteiger partial charge in [0, 0.05) is 10.6 Å². The van der Waals surface area contributed by atoms with Gasteiger partial charge in [-0.2, -0.15) is 0 Å². The summed E-state index contributed by atoms with van der Waals surface area (Å²) in [5, 5.41) is 0.682. The van der Waals surface area contributed by atoms with Crippen LogP contribution in [-0.2, 0) is 16.1 Å². The van der Waals surface area contributed by atoms with E-state index < -0.39 is 12.0 Å². The largest absolute Gasteiger partial charge is 0.489 e. The Hall–Kier alpha value is -4.72. The summed E-state index contributed by atoms with van der Waals surface area (Å²) in [6, 6.07) is 33.4. The average molecular weight is 607 g/mol. The first-order valence-electron chi connectivity index (χ1n) is 13.8. The number of halogens is 1. The van der Waals surface area contributed by atoms with Crippen LogP contribution in [-0.4, -0.2) is 17.1 Å². The lowest BCUT2D eigenvalue weighted by Crippen LogP contribution is -2.39. The number of benzene rings is 4. The molecule has 2 heterocycles. The molecule has 0 saturated heterocycles. The fraction of sp³-hybridized carbons (Fsp3) is 0.114. The Kier molecular flexibility index (Phi) is 8.36. The number of carbonyl (C=O) groups is 1. The van der Waals surface area contributed by atoms with Gasteiger partial charge < -0.3 is 9.47 Å². The van der Waals surface area contributed by atoms with Gasteiger partial charge in [-0.05, 0) is 54.0 Å². The topological polar surface area (TPSA) is 69.9 Å². The van der Waals surface area contributed by atoms with Crippen molar-refractivity contribution in [2.45, 2.75) is 19.6 Å². The van der Waals surface area contributed by atoms with Gasteiger partial charge in [-0.3, -0.25) is 9.36 Å². The molecular formula is C35H27ClN2O4S. The molecular weight excluding hydrogens is 580 g/mol. The van der Waals surface area contributed by atoms with E-state index in [-0.39, 0.29) is 12.2 Å². The molecule has 0 radical (unpaired) electrons. The zero-order valence-corrected chi connectivity index (χ0v) is 24.8. The highest BCUT2D eigenvalue weighted by molar-refractivity contribution is 7.07. The Morgan fingerprint density at radius 2 is 1.60 bits per heavy atom. The van der Waals surface area contributed by atoms with Gasteiger partial charge in [0.2, 0.25) is 0 Å². The average Bonchev–Trinajstić information content (AvgIpc) is 3.35. The Bertz CT molecular complexity index is 1960. The highest BCUT2D eigenvalue weighted by atomic mass is 35.5. The van der Waals surface area contributed by atoms with E-state index in [1.165, 1.54) is 11.3 Å². The van der Waals surface area contributed by atoms with Crippen molar-refractivity contribution >= 4 is 40.7 Å². The SMILES string of the molecule is CCOC(=O)C1=C(c2ccccc2)N=c2s/c(=C\c3ccc(OCc4ccc(Cl)cc4)cc3)c(=O)n2[C@@H]1c1ccccc1. The smallest absolute Gasteiger partial charge is 0.338 e. The van der Waals surface area contributed by atoms with Gasteiger partial charge in [-0.25, -0.2) is 9.79 Å². The van der Waals surface area contributed by atoms with Crippen molar-refractivity contribution in [3.63, 3.8) is 0 Å². The summed E-state index contributed by atoms with van der Waals surface area (Å²) in [4.78, 5) is 32.9. The summed E-state index contributed by atoms with van der Waals surface area (Å²) in [7, 11) is 0. The number of fused-ring (bicyclic) bond motifs is 1. The summed E-state index contributed by atoms with van der Waals surface area (Å²) < 4.78 is 13.5. The van der Waals surface area contributed by atoms with Gasteiger partial charge in [0.05, 0.1) is 28.5 Å². The highest BCUT2D eigenvalue weighted by Gasteiger charge is 2.35. The summed E-state index contributed by atoms with van der Waals surface area (Å²) in [5.41, 5.74) is 4.04. The predicted molar refractivity (Wildman–Crippen MR) is 170 cm³/mol. The van der Waals surface area contributed by atoms with E-state index in [0.717, 1.165) is 22.3 Å². The van der Waals surface area contributed by atoms with Gasteiger partial charge in [0.25, 0.3) is 5.56 Å². The number of aromatic nitrogens is 1. The molecule has 1 aliphatic heterocycles. The molecule has 214 valence electrons.